The molecule has 0 aliphatic rings. The summed E-state index contributed by atoms with van der Waals surface area (Å²) in [5.41, 5.74) is -0.521. The van der Waals surface area contributed by atoms with Crippen LogP contribution in [0.3, 0.4) is 0 Å². The van der Waals surface area contributed by atoms with Crippen LogP contribution in [0.2, 0.25) is 0 Å². The van der Waals surface area contributed by atoms with Gasteiger partial charge in [-0.05, 0) is 11.6 Å². The molecule has 0 fully saturated rings. The number of para-hydroxylation sites is 1. The highest BCUT2D eigenvalue weighted by Crippen LogP contribution is 2.25. The second-order valence-electron chi connectivity index (χ2n) is 4.73. The molecule has 2 aromatic rings. The van der Waals surface area contributed by atoms with Gasteiger partial charge < -0.3 is 9.47 Å². The van der Waals surface area contributed by atoms with Crippen LogP contribution in [0.1, 0.15) is 25.2 Å². The Kier molecular flexibility index (Phi) is 8.29. The van der Waals surface area contributed by atoms with Crippen molar-refractivity contribution in [3.05, 3.63) is 41.5 Å². The third-order valence-corrected chi connectivity index (χ3v) is 4.03. The minimum Gasteiger partial charge on any atom is -0.481 e. The third-order valence-electron chi connectivity index (χ3n) is 3.07. The molecule has 0 bridgehead atoms. The van der Waals surface area contributed by atoms with Crippen molar-refractivity contribution in [2.24, 2.45) is 0 Å². The van der Waals surface area contributed by atoms with E-state index in [1.807, 2.05) is 13.8 Å². The summed E-state index contributed by atoms with van der Waals surface area (Å²) in [7, 11) is -2.29. The highest BCUT2D eigenvalue weighted by molar-refractivity contribution is 7.93. The SMILES string of the molecule is CC.COc1cc(OC)nc(Cc2cccc(F)c2NS(=O)(=O)C(F)F)n1. The van der Waals surface area contributed by atoms with Crippen molar-refractivity contribution in [2.45, 2.75) is 26.0 Å². The van der Waals surface area contributed by atoms with E-state index in [9.17, 15) is 21.6 Å². The summed E-state index contributed by atoms with van der Waals surface area (Å²) >= 11 is 0. The van der Waals surface area contributed by atoms with Crippen molar-refractivity contribution in [3.63, 3.8) is 0 Å². The number of hydrogen-bond acceptors (Lipinski definition) is 6. The molecule has 0 spiro atoms. The first-order valence-corrected chi connectivity index (χ1v) is 9.34. The van der Waals surface area contributed by atoms with E-state index in [-0.39, 0.29) is 29.6 Å². The van der Waals surface area contributed by atoms with Gasteiger partial charge in [-0.15, -0.1) is 0 Å². The molecular formula is C16H20F3N3O4S. The summed E-state index contributed by atoms with van der Waals surface area (Å²) in [5.74, 6) is -4.23. The molecule has 1 heterocycles. The van der Waals surface area contributed by atoms with E-state index in [0.29, 0.717) is 0 Å². The van der Waals surface area contributed by atoms with Crippen LogP contribution in [0, 0.1) is 5.82 Å². The molecule has 0 unspecified atom stereocenters. The smallest absolute Gasteiger partial charge is 0.355 e. The third kappa shape index (κ3) is 5.98. The fourth-order valence-electron chi connectivity index (χ4n) is 1.93. The lowest BCUT2D eigenvalue weighted by Crippen LogP contribution is -2.22. The number of methoxy groups -OCH3 is 2. The van der Waals surface area contributed by atoms with Crippen LogP contribution in [0.4, 0.5) is 18.9 Å². The van der Waals surface area contributed by atoms with Gasteiger partial charge in [0.05, 0.1) is 26.0 Å². The van der Waals surface area contributed by atoms with Crippen LogP contribution in [0.5, 0.6) is 11.8 Å². The molecule has 0 aliphatic heterocycles. The molecule has 0 radical (unpaired) electrons. The average Bonchev–Trinajstić information content (AvgIpc) is 2.65. The molecule has 1 aromatic carbocycles. The van der Waals surface area contributed by atoms with E-state index in [0.717, 1.165) is 6.07 Å². The predicted octanol–water partition coefficient (Wildman–Crippen LogP) is 3.21. The van der Waals surface area contributed by atoms with Crippen molar-refractivity contribution in [1.82, 2.24) is 9.97 Å². The summed E-state index contributed by atoms with van der Waals surface area (Å²) in [6.45, 7) is 4.00. The number of nitrogens with one attached hydrogen (secondary N) is 1. The average molecular weight is 407 g/mol. The van der Waals surface area contributed by atoms with E-state index in [2.05, 4.69) is 9.97 Å². The van der Waals surface area contributed by atoms with E-state index < -0.39 is 27.3 Å². The minimum absolute atomic E-state index is 0.0690. The van der Waals surface area contributed by atoms with E-state index in [1.165, 1.54) is 32.4 Å². The zero-order chi connectivity index (χ0) is 20.6. The number of alkyl halides is 2. The lowest BCUT2D eigenvalue weighted by Gasteiger charge is -2.13. The summed E-state index contributed by atoms with van der Waals surface area (Å²) in [6, 6.07) is 5.03. The normalized spacial score (nSPS) is 10.8. The Labute approximate surface area is 155 Å². The van der Waals surface area contributed by atoms with E-state index in [4.69, 9.17) is 9.47 Å². The zero-order valence-corrected chi connectivity index (χ0v) is 16.0. The summed E-state index contributed by atoms with van der Waals surface area (Å²) in [6.07, 6.45) is -0.146. The van der Waals surface area contributed by atoms with Gasteiger partial charge in [0.2, 0.25) is 11.8 Å². The first kappa shape index (κ1) is 22.5. The summed E-state index contributed by atoms with van der Waals surface area (Å²) in [4.78, 5) is 8.07. The second-order valence-corrected chi connectivity index (χ2v) is 6.38. The highest BCUT2D eigenvalue weighted by atomic mass is 32.2. The molecule has 7 nitrogen and oxygen atoms in total. The fraction of sp³-hybridized carbons (Fsp3) is 0.375. The van der Waals surface area contributed by atoms with Crippen molar-refractivity contribution in [1.29, 1.82) is 0 Å². The van der Waals surface area contributed by atoms with Crippen molar-refractivity contribution in [3.8, 4) is 11.8 Å². The fourth-order valence-corrected chi connectivity index (χ4v) is 2.53. The molecule has 1 aromatic heterocycles. The molecule has 2 rings (SSSR count). The number of anilines is 1. The van der Waals surface area contributed by atoms with Gasteiger partial charge in [0.15, 0.2) is 0 Å². The first-order valence-electron chi connectivity index (χ1n) is 7.80. The first-order chi connectivity index (χ1) is 12.8. The van der Waals surface area contributed by atoms with E-state index in [1.54, 1.807) is 4.72 Å². The highest BCUT2D eigenvalue weighted by Gasteiger charge is 2.26. The summed E-state index contributed by atoms with van der Waals surface area (Å²) < 4.78 is 73.3. The molecule has 0 saturated carbocycles. The molecule has 27 heavy (non-hydrogen) atoms. The monoisotopic (exact) mass is 407 g/mol. The van der Waals surface area contributed by atoms with Crippen LogP contribution in [0.25, 0.3) is 0 Å². The second kappa shape index (κ2) is 9.95. The maximum atomic E-state index is 14.0. The number of rotatable bonds is 7. The lowest BCUT2D eigenvalue weighted by atomic mass is 10.1. The quantitative estimate of drug-likeness (QED) is 0.758. The van der Waals surface area contributed by atoms with Gasteiger partial charge in [0.1, 0.15) is 11.6 Å². The number of nitrogens with zero attached hydrogens (tertiary/aromatic N) is 2. The Morgan fingerprint density at radius 3 is 2.15 bits per heavy atom. The Hall–Kier alpha value is -2.56. The molecule has 150 valence electrons. The standard InChI is InChI=1S/C14H14F3N3O4S.C2H6/c1-23-11-7-12(24-2)19-10(18-11)6-8-4-3-5-9(15)13(8)20-25(21,22)14(16)17;1-2/h3-5,7,14,20H,6H2,1-2H3;1-2H3. The van der Waals surface area contributed by atoms with Crippen LogP contribution in [-0.4, -0.2) is 38.4 Å². The Bertz CT molecular complexity index is 842. The van der Waals surface area contributed by atoms with Gasteiger partial charge in [-0.3, -0.25) is 4.72 Å². The van der Waals surface area contributed by atoms with Crippen molar-refractivity contribution >= 4 is 15.7 Å². The maximum absolute atomic E-state index is 14.0. The van der Waals surface area contributed by atoms with Crippen LogP contribution in [-0.2, 0) is 16.4 Å². The number of benzene rings is 1. The predicted molar refractivity (Wildman–Crippen MR) is 94.2 cm³/mol. The maximum Gasteiger partial charge on any atom is 0.355 e. The van der Waals surface area contributed by atoms with Crippen LogP contribution in [0.15, 0.2) is 24.3 Å². The van der Waals surface area contributed by atoms with E-state index >= 15 is 0 Å². The molecule has 0 aliphatic carbocycles. The van der Waals surface area contributed by atoms with Gasteiger partial charge in [-0.25, -0.2) is 12.8 Å². The Morgan fingerprint density at radius 2 is 1.67 bits per heavy atom. The van der Waals surface area contributed by atoms with Gasteiger partial charge in [0.25, 0.3) is 10.0 Å². The van der Waals surface area contributed by atoms with Crippen molar-refractivity contribution in [2.75, 3.05) is 18.9 Å². The van der Waals surface area contributed by atoms with Gasteiger partial charge in [-0.1, -0.05) is 26.0 Å². The summed E-state index contributed by atoms with van der Waals surface area (Å²) in [5, 5.41) is 0. The minimum atomic E-state index is -5.03. The number of hydrogen-bond donors (Lipinski definition) is 1. The van der Waals surface area contributed by atoms with Crippen LogP contribution >= 0.6 is 0 Å². The molecule has 11 heteroatoms. The largest absolute Gasteiger partial charge is 0.481 e. The Morgan fingerprint density at radius 1 is 1.11 bits per heavy atom. The topological polar surface area (TPSA) is 90.4 Å². The number of aromatic nitrogens is 2. The number of ether oxygens (including phenoxy) is 2. The zero-order valence-electron chi connectivity index (χ0n) is 15.2. The lowest BCUT2D eigenvalue weighted by molar-refractivity contribution is 0.236. The molecule has 0 saturated heterocycles. The van der Waals surface area contributed by atoms with Crippen LogP contribution < -0.4 is 14.2 Å². The molecular weight excluding hydrogens is 387 g/mol. The Balaban J connectivity index is 0.00000176. The van der Waals surface area contributed by atoms with Gasteiger partial charge >= 0.3 is 5.76 Å². The number of sulfonamides is 1. The molecule has 1 N–H and O–H groups in total. The van der Waals surface area contributed by atoms with Crippen molar-refractivity contribution < 1.29 is 31.1 Å². The molecule has 0 amide bonds. The number of halogens is 3. The van der Waals surface area contributed by atoms with Gasteiger partial charge in [-0.2, -0.15) is 18.7 Å². The molecule has 0 atom stereocenters. The van der Waals surface area contributed by atoms with Gasteiger partial charge in [0, 0.05) is 6.42 Å².